The molecular weight excluding hydrogens is 244 g/mol. The highest BCUT2D eigenvalue weighted by Crippen LogP contribution is 2.29. The minimum absolute atomic E-state index is 0.490. The first-order valence-electron chi connectivity index (χ1n) is 9.15. The summed E-state index contributed by atoms with van der Waals surface area (Å²) in [5.74, 6) is 0. The topological polar surface area (TPSA) is 15.3 Å². The van der Waals surface area contributed by atoms with E-state index in [1.54, 1.807) is 0 Å². The van der Waals surface area contributed by atoms with E-state index in [2.05, 4.69) is 37.9 Å². The second-order valence-corrected chi connectivity index (χ2v) is 6.85. The summed E-state index contributed by atoms with van der Waals surface area (Å²) in [4.78, 5) is 2.74. The van der Waals surface area contributed by atoms with Crippen LogP contribution in [0.25, 0.3) is 0 Å². The Morgan fingerprint density at radius 1 is 0.950 bits per heavy atom. The van der Waals surface area contributed by atoms with Crippen LogP contribution in [0.3, 0.4) is 0 Å². The molecule has 0 atom stereocenters. The lowest BCUT2D eigenvalue weighted by atomic mass is 9.81. The maximum atomic E-state index is 3.79. The largest absolute Gasteiger partial charge is 0.313 e. The third-order valence-electron chi connectivity index (χ3n) is 5.06. The van der Waals surface area contributed by atoms with Crippen LogP contribution in [0.5, 0.6) is 0 Å². The standard InChI is InChI=1S/C18H38N2/c1-5-9-13-20(14-10-6-2)16-18(7-3,8-4)15-19-17-11-12-17/h17,19H,5-16H2,1-4H3. The first-order chi connectivity index (χ1) is 9.69. The summed E-state index contributed by atoms with van der Waals surface area (Å²) in [6, 6.07) is 0.840. The maximum absolute atomic E-state index is 3.79. The minimum Gasteiger partial charge on any atom is -0.313 e. The van der Waals surface area contributed by atoms with Crippen LogP contribution in [0.2, 0.25) is 0 Å². The number of nitrogens with zero attached hydrogens (tertiary/aromatic N) is 1. The molecule has 20 heavy (non-hydrogen) atoms. The Morgan fingerprint density at radius 2 is 1.50 bits per heavy atom. The van der Waals surface area contributed by atoms with Crippen LogP contribution in [-0.4, -0.2) is 37.1 Å². The van der Waals surface area contributed by atoms with Crippen molar-refractivity contribution in [2.24, 2.45) is 5.41 Å². The Morgan fingerprint density at radius 3 is 1.90 bits per heavy atom. The van der Waals surface area contributed by atoms with E-state index < -0.39 is 0 Å². The van der Waals surface area contributed by atoms with E-state index in [1.807, 2.05) is 0 Å². The van der Waals surface area contributed by atoms with Crippen LogP contribution < -0.4 is 5.32 Å². The molecule has 1 rings (SSSR count). The molecule has 0 aromatic carbocycles. The van der Waals surface area contributed by atoms with E-state index in [4.69, 9.17) is 0 Å². The first kappa shape index (κ1) is 18.0. The first-order valence-corrected chi connectivity index (χ1v) is 9.15. The van der Waals surface area contributed by atoms with Gasteiger partial charge in [-0.1, -0.05) is 40.5 Å². The summed E-state index contributed by atoms with van der Waals surface area (Å²) >= 11 is 0. The van der Waals surface area contributed by atoms with Crippen LogP contribution in [-0.2, 0) is 0 Å². The number of hydrogen-bond donors (Lipinski definition) is 1. The fourth-order valence-corrected chi connectivity index (χ4v) is 2.94. The lowest BCUT2D eigenvalue weighted by molar-refractivity contribution is 0.131. The molecule has 0 unspecified atom stereocenters. The molecule has 0 aromatic heterocycles. The van der Waals surface area contributed by atoms with Crippen molar-refractivity contribution in [1.29, 1.82) is 0 Å². The number of unbranched alkanes of at least 4 members (excludes halogenated alkanes) is 2. The lowest BCUT2D eigenvalue weighted by Gasteiger charge is -2.38. The van der Waals surface area contributed by atoms with Gasteiger partial charge in [0.2, 0.25) is 0 Å². The van der Waals surface area contributed by atoms with Gasteiger partial charge in [0.1, 0.15) is 0 Å². The van der Waals surface area contributed by atoms with Crippen LogP contribution in [0, 0.1) is 5.41 Å². The zero-order valence-corrected chi connectivity index (χ0v) is 14.5. The summed E-state index contributed by atoms with van der Waals surface area (Å²) in [6.45, 7) is 14.5. The number of hydrogen-bond acceptors (Lipinski definition) is 2. The van der Waals surface area contributed by atoms with Crippen LogP contribution >= 0.6 is 0 Å². The Kier molecular flexibility index (Phi) is 8.79. The quantitative estimate of drug-likeness (QED) is 0.537. The van der Waals surface area contributed by atoms with Crippen molar-refractivity contribution >= 4 is 0 Å². The molecule has 0 spiro atoms. The highest BCUT2D eigenvalue weighted by Gasteiger charge is 2.31. The van der Waals surface area contributed by atoms with Gasteiger partial charge in [0, 0.05) is 19.1 Å². The van der Waals surface area contributed by atoms with E-state index in [0.29, 0.717) is 5.41 Å². The van der Waals surface area contributed by atoms with Crippen molar-refractivity contribution in [1.82, 2.24) is 10.2 Å². The molecule has 1 aliphatic carbocycles. The third-order valence-corrected chi connectivity index (χ3v) is 5.06. The monoisotopic (exact) mass is 282 g/mol. The van der Waals surface area contributed by atoms with Crippen molar-refractivity contribution in [2.45, 2.75) is 85.1 Å². The Labute approximate surface area is 127 Å². The van der Waals surface area contributed by atoms with Crippen molar-refractivity contribution < 1.29 is 0 Å². The summed E-state index contributed by atoms with van der Waals surface area (Å²) in [5.41, 5.74) is 0.490. The predicted octanol–water partition coefficient (Wildman–Crippen LogP) is 4.45. The molecule has 1 saturated carbocycles. The van der Waals surface area contributed by atoms with Crippen molar-refractivity contribution in [3.05, 3.63) is 0 Å². The molecule has 1 N–H and O–H groups in total. The molecule has 0 aliphatic heterocycles. The summed E-state index contributed by atoms with van der Waals surface area (Å²) < 4.78 is 0. The van der Waals surface area contributed by atoms with Gasteiger partial charge in [-0.15, -0.1) is 0 Å². The molecule has 0 radical (unpaired) electrons. The SMILES string of the molecule is CCCCN(CCCC)CC(CC)(CC)CNC1CC1. The number of nitrogens with one attached hydrogen (secondary N) is 1. The van der Waals surface area contributed by atoms with E-state index >= 15 is 0 Å². The molecule has 0 amide bonds. The van der Waals surface area contributed by atoms with E-state index in [1.165, 1.54) is 77.5 Å². The fourth-order valence-electron chi connectivity index (χ4n) is 2.94. The highest BCUT2D eigenvalue weighted by molar-refractivity contribution is 4.88. The van der Waals surface area contributed by atoms with Gasteiger partial charge in [0.25, 0.3) is 0 Å². The zero-order chi connectivity index (χ0) is 14.8. The smallest absolute Gasteiger partial charge is 0.00684 e. The maximum Gasteiger partial charge on any atom is 0.00684 e. The van der Waals surface area contributed by atoms with Crippen LogP contribution in [0.15, 0.2) is 0 Å². The second kappa shape index (κ2) is 9.78. The molecule has 1 aliphatic rings. The van der Waals surface area contributed by atoms with Crippen molar-refractivity contribution in [3.63, 3.8) is 0 Å². The predicted molar refractivity (Wildman–Crippen MR) is 90.3 cm³/mol. The van der Waals surface area contributed by atoms with Gasteiger partial charge in [-0.2, -0.15) is 0 Å². The molecular formula is C18H38N2. The molecule has 120 valence electrons. The van der Waals surface area contributed by atoms with Gasteiger partial charge in [0.05, 0.1) is 0 Å². The summed E-state index contributed by atoms with van der Waals surface area (Å²) in [5, 5.41) is 3.79. The second-order valence-electron chi connectivity index (χ2n) is 6.85. The van der Waals surface area contributed by atoms with Crippen LogP contribution in [0.4, 0.5) is 0 Å². The molecule has 0 heterocycles. The van der Waals surface area contributed by atoms with Gasteiger partial charge in [0.15, 0.2) is 0 Å². The molecule has 0 saturated heterocycles. The highest BCUT2D eigenvalue weighted by atomic mass is 15.1. The van der Waals surface area contributed by atoms with Gasteiger partial charge < -0.3 is 10.2 Å². The average molecular weight is 283 g/mol. The van der Waals surface area contributed by atoms with E-state index in [-0.39, 0.29) is 0 Å². The van der Waals surface area contributed by atoms with Crippen LogP contribution in [0.1, 0.15) is 79.1 Å². The Balaban J connectivity index is 2.51. The van der Waals surface area contributed by atoms with E-state index in [0.717, 1.165) is 6.04 Å². The average Bonchev–Trinajstić information content (AvgIpc) is 3.30. The molecule has 2 heteroatoms. The lowest BCUT2D eigenvalue weighted by Crippen LogP contribution is -2.44. The van der Waals surface area contributed by atoms with Crippen molar-refractivity contribution in [2.75, 3.05) is 26.2 Å². The minimum atomic E-state index is 0.490. The Hall–Kier alpha value is -0.0800. The van der Waals surface area contributed by atoms with Gasteiger partial charge in [-0.25, -0.2) is 0 Å². The van der Waals surface area contributed by atoms with Gasteiger partial charge in [-0.05, 0) is 57.0 Å². The zero-order valence-electron chi connectivity index (χ0n) is 14.5. The van der Waals surface area contributed by atoms with E-state index in [9.17, 15) is 0 Å². The Bertz CT molecular complexity index is 224. The fraction of sp³-hybridized carbons (Fsp3) is 1.00. The van der Waals surface area contributed by atoms with Crippen molar-refractivity contribution in [3.8, 4) is 0 Å². The molecule has 0 aromatic rings. The summed E-state index contributed by atoms with van der Waals surface area (Å²) in [6.07, 6.45) is 10.7. The van der Waals surface area contributed by atoms with Gasteiger partial charge >= 0.3 is 0 Å². The summed E-state index contributed by atoms with van der Waals surface area (Å²) in [7, 11) is 0. The third kappa shape index (κ3) is 6.58. The normalized spacial score (nSPS) is 16.1. The van der Waals surface area contributed by atoms with Gasteiger partial charge in [-0.3, -0.25) is 0 Å². The number of rotatable bonds is 13. The molecule has 2 nitrogen and oxygen atoms in total. The molecule has 0 bridgehead atoms. The molecule has 1 fully saturated rings.